The van der Waals surface area contributed by atoms with Crippen molar-refractivity contribution < 1.29 is 5.11 Å². The van der Waals surface area contributed by atoms with Crippen LogP contribution in [0.2, 0.25) is 0 Å². The molecule has 0 saturated heterocycles. The van der Waals surface area contributed by atoms with E-state index in [9.17, 15) is 5.11 Å². The molecule has 0 saturated carbocycles. The molecule has 0 aliphatic carbocycles. The summed E-state index contributed by atoms with van der Waals surface area (Å²) >= 11 is 0. The zero-order valence-electron chi connectivity index (χ0n) is 9.77. The molecule has 0 unspecified atom stereocenters. The minimum Gasteiger partial charge on any atom is -0.507 e. The molecule has 1 N–H and O–H groups in total. The smallest absolute Gasteiger partial charge is 0.131 e. The largest absolute Gasteiger partial charge is 0.507 e. The van der Waals surface area contributed by atoms with E-state index in [2.05, 4.69) is 30.9 Å². The fourth-order valence-corrected chi connectivity index (χ4v) is 1.54. The highest BCUT2D eigenvalue weighted by Gasteiger charge is 1.94. The molecular weight excluding hydrogens is 208 g/mol. The number of para-hydroxylation sites is 1. The van der Waals surface area contributed by atoms with Crippen molar-refractivity contribution >= 4 is 0 Å². The normalized spacial score (nSPS) is 9.47. The van der Waals surface area contributed by atoms with Gasteiger partial charge >= 0.3 is 0 Å². The van der Waals surface area contributed by atoms with Crippen LogP contribution < -0.4 is 0 Å². The van der Waals surface area contributed by atoms with Crippen LogP contribution in [0.4, 0.5) is 0 Å². The van der Waals surface area contributed by atoms with Crippen LogP contribution in [0.1, 0.15) is 23.6 Å². The van der Waals surface area contributed by atoms with Gasteiger partial charge in [-0.1, -0.05) is 43.0 Å². The molecule has 1 heteroatoms. The van der Waals surface area contributed by atoms with Crippen molar-refractivity contribution in [3.05, 3.63) is 65.2 Å². The summed E-state index contributed by atoms with van der Waals surface area (Å²) in [5.74, 6) is 6.24. The first kappa shape index (κ1) is 11.3. The lowest BCUT2D eigenvalue weighted by molar-refractivity contribution is 0.473. The summed E-state index contributed by atoms with van der Waals surface area (Å²) in [5, 5.41) is 9.57. The number of phenolic OH excluding ortho intramolecular Hbond substituents is 1. The zero-order chi connectivity index (χ0) is 12.1. The molecule has 1 nitrogen and oxygen atoms in total. The van der Waals surface area contributed by atoms with Gasteiger partial charge in [-0.3, -0.25) is 0 Å². The number of hydrogen-bond acceptors (Lipinski definition) is 1. The fourth-order valence-electron chi connectivity index (χ4n) is 1.54. The summed E-state index contributed by atoms with van der Waals surface area (Å²) < 4.78 is 0. The number of hydrogen-bond donors (Lipinski definition) is 1. The molecular formula is C16H14O. The second kappa shape index (κ2) is 5.23. The Labute approximate surface area is 102 Å². The van der Waals surface area contributed by atoms with E-state index >= 15 is 0 Å². The van der Waals surface area contributed by atoms with E-state index in [0.29, 0.717) is 5.56 Å². The van der Waals surface area contributed by atoms with Crippen LogP contribution in [0.25, 0.3) is 0 Å². The number of rotatable bonds is 1. The summed E-state index contributed by atoms with van der Waals surface area (Å²) in [7, 11) is 0. The Morgan fingerprint density at radius 3 is 2.29 bits per heavy atom. The van der Waals surface area contributed by atoms with Crippen LogP contribution >= 0.6 is 0 Å². The summed E-state index contributed by atoms with van der Waals surface area (Å²) in [6.07, 6.45) is 1.03. The molecule has 0 aliphatic heterocycles. The SMILES string of the molecule is CCc1ccc(C#Cc2ccccc2O)cc1. The van der Waals surface area contributed by atoms with Crippen LogP contribution in [0.5, 0.6) is 5.75 Å². The Kier molecular flexibility index (Phi) is 3.47. The van der Waals surface area contributed by atoms with Crippen molar-refractivity contribution in [3.8, 4) is 17.6 Å². The first-order chi connectivity index (χ1) is 8.29. The Hall–Kier alpha value is -2.20. The van der Waals surface area contributed by atoms with E-state index in [1.165, 1.54) is 5.56 Å². The lowest BCUT2D eigenvalue weighted by atomic mass is 10.1. The number of aromatic hydroxyl groups is 1. The molecule has 0 heterocycles. The molecule has 0 aliphatic rings. The van der Waals surface area contributed by atoms with Crippen LogP contribution in [0, 0.1) is 11.8 Å². The van der Waals surface area contributed by atoms with Crippen molar-refractivity contribution in [2.45, 2.75) is 13.3 Å². The quantitative estimate of drug-likeness (QED) is 0.733. The monoisotopic (exact) mass is 222 g/mol. The standard InChI is InChI=1S/C16H14O/c1-2-13-7-9-14(10-8-13)11-12-15-5-3-4-6-16(15)17/h3-10,17H,2H2,1H3. The lowest BCUT2D eigenvalue weighted by Crippen LogP contribution is -1.80. The molecule has 0 aromatic heterocycles. The van der Waals surface area contributed by atoms with E-state index in [1.807, 2.05) is 24.3 Å². The summed E-state index contributed by atoms with van der Waals surface area (Å²) in [4.78, 5) is 0. The maximum absolute atomic E-state index is 9.57. The van der Waals surface area contributed by atoms with Crippen molar-refractivity contribution in [1.82, 2.24) is 0 Å². The van der Waals surface area contributed by atoms with Gasteiger partial charge in [-0.15, -0.1) is 0 Å². The lowest BCUT2D eigenvalue weighted by Gasteiger charge is -1.96. The highest BCUT2D eigenvalue weighted by molar-refractivity contribution is 5.49. The van der Waals surface area contributed by atoms with Gasteiger partial charge in [0.1, 0.15) is 5.75 Å². The van der Waals surface area contributed by atoms with Crippen molar-refractivity contribution in [2.24, 2.45) is 0 Å². The summed E-state index contributed by atoms with van der Waals surface area (Å²) in [6.45, 7) is 2.13. The van der Waals surface area contributed by atoms with E-state index in [1.54, 1.807) is 12.1 Å². The summed E-state index contributed by atoms with van der Waals surface area (Å²) in [5.41, 5.74) is 2.93. The van der Waals surface area contributed by atoms with Crippen LogP contribution in [0.15, 0.2) is 48.5 Å². The molecule has 0 fully saturated rings. The molecule has 84 valence electrons. The van der Waals surface area contributed by atoms with Gasteiger partial charge in [-0.05, 0) is 36.2 Å². The predicted molar refractivity (Wildman–Crippen MR) is 69.9 cm³/mol. The number of benzene rings is 2. The van der Waals surface area contributed by atoms with Gasteiger partial charge in [0.15, 0.2) is 0 Å². The number of aryl methyl sites for hydroxylation is 1. The van der Waals surface area contributed by atoms with E-state index < -0.39 is 0 Å². The molecule has 0 bridgehead atoms. The first-order valence-corrected chi connectivity index (χ1v) is 5.68. The second-order valence-electron chi connectivity index (χ2n) is 3.82. The fraction of sp³-hybridized carbons (Fsp3) is 0.125. The maximum atomic E-state index is 9.57. The zero-order valence-corrected chi connectivity index (χ0v) is 9.77. The molecule has 0 radical (unpaired) electrons. The van der Waals surface area contributed by atoms with Crippen LogP contribution in [-0.4, -0.2) is 5.11 Å². The van der Waals surface area contributed by atoms with Gasteiger partial charge < -0.3 is 5.11 Å². The van der Waals surface area contributed by atoms with Gasteiger partial charge in [0.05, 0.1) is 5.56 Å². The molecule has 2 rings (SSSR count). The number of phenols is 1. The second-order valence-corrected chi connectivity index (χ2v) is 3.82. The van der Waals surface area contributed by atoms with Crippen molar-refractivity contribution in [3.63, 3.8) is 0 Å². The average Bonchev–Trinajstić information content (AvgIpc) is 2.38. The Balaban J connectivity index is 2.24. The third-order valence-electron chi connectivity index (χ3n) is 2.61. The third-order valence-corrected chi connectivity index (χ3v) is 2.61. The predicted octanol–water partition coefficient (Wildman–Crippen LogP) is 3.35. The molecule has 0 atom stereocenters. The minimum absolute atomic E-state index is 0.227. The van der Waals surface area contributed by atoms with Gasteiger partial charge in [-0.2, -0.15) is 0 Å². The Morgan fingerprint density at radius 1 is 0.941 bits per heavy atom. The Bertz CT molecular complexity index is 556. The highest BCUT2D eigenvalue weighted by atomic mass is 16.3. The van der Waals surface area contributed by atoms with Crippen molar-refractivity contribution in [2.75, 3.05) is 0 Å². The molecule has 0 amide bonds. The van der Waals surface area contributed by atoms with Crippen molar-refractivity contribution in [1.29, 1.82) is 0 Å². The average molecular weight is 222 g/mol. The van der Waals surface area contributed by atoms with Crippen LogP contribution in [0.3, 0.4) is 0 Å². The highest BCUT2D eigenvalue weighted by Crippen LogP contribution is 2.14. The van der Waals surface area contributed by atoms with E-state index in [4.69, 9.17) is 0 Å². The van der Waals surface area contributed by atoms with E-state index in [0.717, 1.165) is 12.0 Å². The van der Waals surface area contributed by atoms with E-state index in [-0.39, 0.29) is 5.75 Å². The van der Waals surface area contributed by atoms with Gasteiger partial charge in [0.25, 0.3) is 0 Å². The first-order valence-electron chi connectivity index (χ1n) is 5.68. The Morgan fingerprint density at radius 2 is 1.65 bits per heavy atom. The molecule has 2 aromatic rings. The maximum Gasteiger partial charge on any atom is 0.131 e. The van der Waals surface area contributed by atoms with Crippen LogP contribution in [-0.2, 0) is 6.42 Å². The third kappa shape index (κ3) is 2.89. The molecule has 17 heavy (non-hydrogen) atoms. The minimum atomic E-state index is 0.227. The van der Waals surface area contributed by atoms with Gasteiger partial charge in [0.2, 0.25) is 0 Å². The van der Waals surface area contributed by atoms with Gasteiger partial charge in [0, 0.05) is 5.56 Å². The molecule has 2 aromatic carbocycles. The topological polar surface area (TPSA) is 20.2 Å². The summed E-state index contributed by atoms with van der Waals surface area (Å²) in [6, 6.07) is 15.3. The molecule has 0 spiro atoms. The van der Waals surface area contributed by atoms with Gasteiger partial charge in [-0.25, -0.2) is 0 Å².